The fraction of sp³-hybridized carbons (Fsp3) is 0.917. The summed E-state index contributed by atoms with van der Waals surface area (Å²) in [4.78, 5) is 14.1. The summed E-state index contributed by atoms with van der Waals surface area (Å²) < 4.78 is 5.56. The van der Waals surface area contributed by atoms with Crippen molar-refractivity contribution >= 4 is 18.3 Å². The highest BCUT2D eigenvalue weighted by atomic mass is 35.5. The van der Waals surface area contributed by atoms with Gasteiger partial charge in [-0.2, -0.15) is 0 Å². The molecular weight excluding hydrogens is 240 g/mol. The maximum atomic E-state index is 12.3. The molecule has 0 radical (unpaired) electrons. The third-order valence-corrected chi connectivity index (χ3v) is 3.73. The molecule has 2 aliphatic rings. The second-order valence-electron chi connectivity index (χ2n) is 5.31. The number of nitrogens with one attached hydrogen (secondary N) is 1. The molecule has 2 saturated heterocycles. The van der Waals surface area contributed by atoms with E-state index in [0.29, 0.717) is 0 Å². The Morgan fingerprint density at radius 2 is 2.35 bits per heavy atom. The second kappa shape index (κ2) is 6.03. The van der Waals surface area contributed by atoms with Crippen LogP contribution in [0.4, 0.5) is 0 Å². The van der Waals surface area contributed by atoms with E-state index in [1.54, 1.807) is 0 Å². The Morgan fingerprint density at radius 3 is 2.88 bits per heavy atom. The molecule has 2 atom stereocenters. The Bertz CT molecular complexity index is 261. The Labute approximate surface area is 109 Å². The van der Waals surface area contributed by atoms with Crippen molar-refractivity contribution in [1.82, 2.24) is 10.2 Å². The first-order chi connectivity index (χ1) is 7.62. The molecule has 0 aromatic rings. The van der Waals surface area contributed by atoms with Crippen molar-refractivity contribution < 1.29 is 9.53 Å². The van der Waals surface area contributed by atoms with Gasteiger partial charge in [0.25, 0.3) is 0 Å². The summed E-state index contributed by atoms with van der Waals surface area (Å²) in [5.74, 6) is 0.257. The van der Waals surface area contributed by atoms with E-state index in [9.17, 15) is 4.79 Å². The molecule has 0 aromatic heterocycles. The summed E-state index contributed by atoms with van der Waals surface area (Å²) in [7, 11) is 1.90. The predicted molar refractivity (Wildman–Crippen MR) is 69.5 cm³/mol. The third kappa shape index (κ3) is 3.33. The fourth-order valence-corrected chi connectivity index (χ4v) is 2.64. The number of carbonyl (C=O) groups is 1. The lowest BCUT2D eigenvalue weighted by molar-refractivity contribution is -0.140. The van der Waals surface area contributed by atoms with Gasteiger partial charge in [-0.15, -0.1) is 12.4 Å². The molecule has 0 saturated carbocycles. The molecule has 100 valence electrons. The van der Waals surface area contributed by atoms with E-state index in [0.717, 1.165) is 45.5 Å². The smallest absolute Gasteiger partial charge is 0.229 e. The van der Waals surface area contributed by atoms with Crippen LogP contribution in [0.3, 0.4) is 0 Å². The SMILES string of the molecule is CN(CC1CCCO1)C(=O)C1(C)CCNC1.Cl. The van der Waals surface area contributed by atoms with E-state index in [1.165, 1.54) is 0 Å². The molecule has 0 spiro atoms. The molecule has 1 amide bonds. The Balaban J connectivity index is 0.00000144. The summed E-state index contributed by atoms with van der Waals surface area (Å²) in [5, 5.41) is 3.26. The molecule has 5 heteroatoms. The van der Waals surface area contributed by atoms with Crippen LogP contribution in [-0.4, -0.2) is 50.2 Å². The maximum absolute atomic E-state index is 12.3. The van der Waals surface area contributed by atoms with E-state index >= 15 is 0 Å². The summed E-state index contributed by atoms with van der Waals surface area (Å²) in [5.41, 5.74) is -0.201. The van der Waals surface area contributed by atoms with E-state index in [-0.39, 0.29) is 29.8 Å². The Hall–Kier alpha value is -0.320. The fourth-order valence-electron chi connectivity index (χ4n) is 2.64. The number of rotatable bonds is 3. The zero-order chi connectivity index (χ0) is 11.6. The zero-order valence-corrected chi connectivity index (χ0v) is 11.5. The van der Waals surface area contributed by atoms with Gasteiger partial charge in [0.2, 0.25) is 5.91 Å². The summed E-state index contributed by atoms with van der Waals surface area (Å²) in [6.45, 7) is 5.42. The van der Waals surface area contributed by atoms with Crippen LogP contribution in [0, 0.1) is 5.41 Å². The largest absolute Gasteiger partial charge is 0.376 e. The maximum Gasteiger partial charge on any atom is 0.229 e. The van der Waals surface area contributed by atoms with Crippen LogP contribution in [0.5, 0.6) is 0 Å². The minimum atomic E-state index is -0.201. The van der Waals surface area contributed by atoms with Gasteiger partial charge in [0, 0.05) is 26.7 Å². The van der Waals surface area contributed by atoms with Crippen LogP contribution < -0.4 is 5.32 Å². The molecule has 0 bridgehead atoms. The summed E-state index contributed by atoms with van der Waals surface area (Å²) in [6, 6.07) is 0. The van der Waals surface area contributed by atoms with Crippen molar-refractivity contribution in [3.8, 4) is 0 Å². The molecule has 0 aliphatic carbocycles. The lowest BCUT2D eigenvalue weighted by atomic mass is 9.88. The zero-order valence-electron chi connectivity index (χ0n) is 10.7. The molecule has 4 nitrogen and oxygen atoms in total. The van der Waals surface area contributed by atoms with Crippen LogP contribution in [0.25, 0.3) is 0 Å². The van der Waals surface area contributed by atoms with Crippen LogP contribution in [0.15, 0.2) is 0 Å². The lowest BCUT2D eigenvalue weighted by Gasteiger charge is -2.29. The Kier molecular flexibility index (Phi) is 5.22. The highest BCUT2D eigenvalue weighted by Crippen LogP contribution is 2.27. The number of hydrogen-bond donors (Lipinski definition) is 1. The summed E-state index contributed by atoms with van der Waals surface area (Å²) in [6.07, 6.45) is 3.42. The first-order valence-corrected chi connectivity index (χ1v) is 6.20. The quantitative estimate of drug-likeness (QED) is 0.827. The van der Waals surface area contributed by atoms with Crippen LogP contribution in [-0.2, 0) is 9.53 Å². The van der Waals surface area contributed by atoms with E-state index in [4.69, 9.17) is 4.74 Å². The third-order valence-electron chi connectivity index (χ3n) is 3.73. The topological polar surface area (TPSA) is 41.6 Å². The van der Waals surface area contributed by atoms with Crippen LogP contribution in [0.2, 0.25) is 0 Å². The Morgan fingerprint density at radius 1 is 1.59 bits per heavy atom. The number of likely N-dealkylation sites (N-methyl/N-ethyl adjacent to an activating group) is 1. The molecule has 17 heavy (non-hydrogen) atoms. The van der Waals surface area contributed by atoms with Gasteiger partial charge in [-0.25, -0.2) is 0 Å². The first-order valence-electron chi connectivity index (χ1n) is 6.20. The molecule has 2 rings (SSSR count). The monoisotopic (exact) mass is 262 g/mol. The standard InChI is InChI=1S/C12H22N2O2.ClH/c1-12(5-6-13-9-12)11(15)14(2)8-10-4-3-7-16-10;/h10,13H,3-9H2,1-2H3;1H. The van der Waals surface area contributed by atoms with Crippen molar-refractivity contribution in [2.24, 2.45) is 5.41 Å². The van der Waals surface area contributed by atoms with Gasteiger partial charge in [0.05, 0.1) is 11.5 Å². The highest BCUT2D eigenvalue weighted by molar-refractivity contribution is 5.85. The first kappa shape index (κ1) is 14.7. The normalized spacial score (nSPS) is 32.2. The van der Waals surface area contributed by atoms with Crippen LogP contribution in [0.1, 0.15) is 26.2 Å². The predicted octanol–water partition coefficient (Wildman–Crippen LogP) is 1.05. The number of nitrogens with zero attached hydrogens (tertiary/aromatic N) is 1. The lowest BCUT2D eigenvalue weighted by Crippen LogP contribution is -2.44. The number of hydrogen-bond acceptors (Lipinski definition) is 3. The van der Waals surface area contributed by atoms with Gasteiger partial charge in [0.1, 0.15) is 0 Å². The van der Waals surface area contributed by atoms with Gasteiger partial charge in [-0.3, -0.25) is 4.79 Å². The number of amides is 1. The average molecular weight is 263 g/mol. The molecule has 1 N–H and O–H groups in total. The molecule has 0 aromatic carbocycles. The highest BCUT2D eigenvalue weighted by Gasteiger charge is 2.38. The van der Waals surface area contributed by atoms with Crippen molar-refractivity contribution in [2.45, 2.75) is 32.3 Å². The molecule has 2 heterocycles. The van der Waals surface area contributed by atoms with Crippen LogP contribution >= 0.6 is 12.4 Å². The minimum absolute atomic E-state index is 0. The minimum Gasteiger partial charge on any atom is -0.376 e. The van der Waals surface area contributed by atoms with Crippen molar-refractivity contribution in [2.75, 3.05) is 33.3 Å². The second-order valence-corrected chi connectivity index (χ2v) is 5.31. The van der Waals surface area contributed by atoms with E-state index in [2.05, 4.69) is 12.2 Å². The van der Waals surface area contributed by atoms with Gasteiger partial charge in [-0.05, 0) is 32.7 Å². The number of ether oxygens (including phenoxy) is 1. The van der Waals surface area contributed by atoms with Crippen molar-refractivity contribution in [1.29, 1.82) is 0 Å². The number of halogens is 1. The van der Waals surface area contributed by atoms with Crippen molar-refractivity contribution in [3.63, 3.8) is 0 Å². The molecule has 2 aliphatic heterocycles. The van der Waals surface area contributed by atoms with E-state index in [1.807, 2.05) is 11.9 Å². The molecule has 2 unspecified atom stereocenters. The molecular formula is C12H23ClN2O2. The van der Waals surface area contributed by atoms with Gasteiger partial charge >= 0.3 is 0 Å². The van der Waals surface area contributed by atoms with Gasteiger partial charge in [-0.1, -0.05) is 0 Å². The molecule has 2 fully saturated rings. The van der Waals surface area contributed by atoms with Gasteiger partial charge < -0.3 is 15.0 Å². The summed E-state index contributed by atoms with van der Waals surface area (Å²) >= 11 is 0. The average Bonchev–Trinajstić information content (AvgIpc) is 2.89. The van der Waals surface area contributed by atoms with E-state index < -0.39 is 0 Å². The number of carbonyl (C=O) groups excluding carboxylic acids is 1. The van der Waals surface area contributed by atoms with Crippen molar-refractivity contribution in [3.05, 3.63) is 0 Å². The van der Waals surface area contributed by atoms with Gasteiger partial charge in [0.15, 0.2) is 0 Å².